The maximum atomic E-state index is 12.4. The molecule has 1 atom stereocenters. The monoisotopic (exact) mass is 335 g/mol. The zero-order chi connectivity index (χ0) is 17.1. The van der Waals surface area contributed by atoms with Gasteiger partial charge < -0.3 is 9.80 Å². The van der Waals surface area contributed by atoms with Crippen LogP contribution in [0.15, 0.2) is 60.7 Å². The van der Waals surface area contributed by atoms with Crippen molar-refractivity contribution in [1.29, 1.82) is 0 Å². The van der Waals surface area contributed by atoms with Gasteiger partial charge in [0, 0.05) is 44.8 Å². The first-order valence-corrected chi connectivity index (χ1v) is 9.19. The van der Waals surface area contributed by atoms with Crippen LogP contribution in [0.1, 0.15) is 18.4 Å². The quantitative estimate of drug-likeness (QED) is 0.859. The van der Waals surface area contributed by atoms with Crippen molar-refractivity contribution in [1.82, 2.24) is 9.80 Å². The summed E-state index contributed by atoms with van der Waals surface area (Å²) in [6, 6.07) is 20.9. The second kappa shape index (κ2) is 7.28. The van der Waals surface area contributed by atoms with Crippen LogP contribution in [-0.4, -0.2) is 48.1 Å². The fraction of sp³-hybridized carbons (Fsp3) is 0.381. The topological polar surface area (TPSA) is 26.8 Å². The van der Waals surface area contributed by atoms with Gasteiger partial charge in [0.25, 0.3) is 0 Å². The maximum absolute atomic E-state index is 12.4. The van der Waals surface area contributed by atoms with Crippen molar-refractivity contribution in [2.24, 2.45) is 0 Å². The number of hydrogen-bond donors (Lipinski definition) is 0. The summed E-state index contributed by atoms with van der Waals surface area (Å²) in [4.78, 5) is 19.4. The average molecular weight is 335 g/mol. The summed E-state index contributed by atoms with van der Waals surface area (Å²) in [5.74, 6) is 0.291. The molecule has 0 aromatic heterocycles. The van der Waals surface area contributed by atoms with E-state index in [0.29, 0.717) is 12.3 Å². The summed E-state index contributed by atoms with van der Waals surface area (Å²) >= 11 is 0. The summed E-state index contributed by atoms with van der Waals surface area (Å²) in [5, 5.41) is 0. The maximum Gasteiger partial charge on any atom is 0.224 e. The fourth-order valence-corrected chi connectivity index (χ4v) is 3.99. The summed E-state index contributed by atoms with van der Waals surface area (Å²) in [7, 11) is 0. The van der Waals surface area contributed by atoms with Gasteiger partial charge in [-0.2, -0.15) is 0 Å². The third-order valence-corrected chi connectivity index (χ3v) is 5.35. The zero-order valence-electron chi connectivity index (χ0n) is 14.6. The number of piperazine rings is 1. The van der Waals surface area contributed by atoms with E-state index in [0.717, 1.165) is 39.1 Å². The number of likely N-dealkylation sites (tertiary alicyclic amines) is 1. The molecule has 0 bridgehead atoms. The molecule has 2 saturated heterocycles. The highest BCUT2D eigenvalue weighted by molar-refractivity contribution is 5.78. The van der Waals surface area contributed by atoms with Gasteiger partial charge in [-0.3, -0.25) is 9.69 Å². The minimum atomic E-state index is 0.255. The normalized spacial score (nSPS) is 21.8. The molecular formula is C21H25N3O. The minimum Gasteiger partial charge on any atom is -0.369 e. The molecule has 0 N–H and O–H groups in total. The van der Waals surface area contributed by atoms with Gasteiger partial charge in [-0.05, 0) is 24.1 Å². The van der Waals surface area contributed by atoms with E-state index in [1.807, 2.05) is 18.2 Å². The molecule has 2 aliphatic rings. The van der Waals surface area contributed by atoms with Crippen molar-refractivity contribution in [3.63, 3.8) is 0 Å². The second-order valence-electron chi connectivity index (χ2n) is 6.89. The van der Waals surface area contributed by atoms with Crippen molar-refractivity contribution < 1.29 is 4.79 Å². The van der Waals surface area contributed by atoms with Crippen LogP contribution >= 0.6 is 0 Å². The molecule has 25 heavy (non-hydrogen) atoms. The SMILES string of the molecule is O=C1CCC(N2CCN(c3ccccc3)CC2)N1Cc1ccccc1. The zero-order valence-corrected chi connectivity index (χ0v) is 14.6. The van der Waals surface area contributed by atoms with Crippen LogP contribution in [-0.2, 0) is 11.3 Å². The van der Waals surface area contributed by atoms with Crippen LogP contribution in [0.5, 0.6) is 0 Å². The lowest BCUT2D eigenvalue weighted by Crippen LogP contribution is -2.54. The van der Waals surface area contributed by atoms with Gasteiger partial charge in [-0.25, -0.2) is 0 Å². The molecule has 2 aliphatic heterocycles. The van der Waals surface area contributed by atoms with Gasteiger partial charge in [0.15, 0.2) is 0 Å². The lowest BCUT2D eigenvalue weighted by atomic mass is 10.2. The third kappa shape index (κ3) is 3.54. The highest BCUT2D eigenvalue weighted by Crippen LogP contribution is 2.26. The van der Waals surface area contributed by atoms with Gasteiger partial charge in [-0.15, -0.1) is 0 Å². The van der Waals surface area contributed by atoms with Gasteiger partial charge in [0.2, 0.25) is 5.91 Å². The molecule has 2 aromatic rings. The van der Waals surface area contributed by atoms with Gasteiger partial charge in [0.1, 0.15) is 0 Å². The standard InChI is InChI=1S/C21H25N3O/c25-21-12-11-20(24(21)17-18-7-3-1-4-8-18)23-15-13-22(14-16-23)19-9-5-2-6-10-19/h1-10,20H,11-17H2. The largest absolute Gasteiger partial charge is 0.369 e. The average Bonchev–Trinajstić information content (AvgIpc) is 3.04. The molecule has 1 amide bonds. The Bertz CT molecular complexity index is 696. The smallest absolute Gasteiger partial charge is 0.224 e. The molecule has 2 heterocycles. The molecule has 0 saturated carbocycles. The van der Waals surface area contributed by atoms with Crippen molar-refractivity contribution in [2.75, 3.05) is 31.1 Å². The summed E-state index contributed by atoms with van der Waals surface area (Å²) < 4.78 is 0. The van der Waals surface area contributed by atoms with E-state index in [2.05, 4.69) is 57.2 Å². The van der Waals surface area contributed by atoms with E-state index < -0.39 is 0 Å². The van der Waals surface area contributed by atoms with E-state index in [1.165, 1.54) is 11.3 Å². The summed E-state index contributed by atoms with van der Waals surface area (Å²) in [6.45, 7) is 4.79. The molecule has 4 nitrogen and oxygen atoms in total. The number of carbonyl (C=O) groups excluding carboxylic acids is 1. The van der Waals surface area contributed by atoms with E-state index >= 15 is 0 Å². The Morgan fingerprint density at radius 3 is 2.16 bits per heavy atom. The Hall–Kier alpha value is -2.33. The van der Waals surface area contributed by atoms with Crippen molar-refractivity contribution in [3.05, 3.63) is 66.2 Å². The van der Waals surface area contributed by atoms with Crippen LogP contribution in [0.25, 0.3) is 0 Å². The molecule has 2 fully saturated rings. The number of hydrogen-bond acceptors (Lipinski definition) is 3. The molecule has 130 valence electrons. The summed E-state index contributed by atoms with van der Waals surface area (Å²) in [6.07, 6.45) is 1.89. The van der Waals surface area contributed by atoms with Crippen LogP contribution in [0.4, 0.5) is 5.69 Å². The molecule has 1 unspecified atom stereocenters. The first-order chi connectivity index (χ1) is 12.3. The Labute approximate surface area is 149 Å². The number of anilines is 1. The van der Waals surface area contributed by atoms with Crippen LogP contribution < -0.4 is 4.90 Å². The molecule has 4 heteroatoms. The Kier molecular flexibility index (Phi) is 4.70. The number of amides is 1. The van der Waals surface area contributed by atoms with Crippen molar-refractivity contribution in [3.8, 4) is 0 Å². The van der Waals surface area contributed by atoms with Crippen LogP contribution in [0, 0.1) is 0 Å². The lowest BCUT2D eigenvalue weighted by Gasteiger charge is -2.41. The van der Waals surface area contributed by atoms with Crippen molar-refractivity contribution >= 4 is 11.6 Å². The van der Waals surface area contributed by atoms with E-state index in [1.54, 1.807) is 0 Å². The van der Waals surface area contributed by atoms with E-state index in [-0.39, 0.29) is 6.17 Å². The van der Waals surface area contributed by atoms with E-state index in [4.69, 9.17) is 0 Å². The predicted molar refractivity (Wildman–Crippen MR) is 100 cm³/mol. The molecule has 0 aliphatic carbocycles. The Balaban J connectivity index is 1.40. The molecule has 4 rings (SSSR count). The highest BCUT2D eigenvalue weighted by Gasteiger charge is 2.36. The first-order valence-electron chi connectivity index (χ1n) is 9.19. The number of para-hydroxylation sites is 1. The van der Waals surface area contributed by atoms with Gasteiger partial charge in [-0.1, -0.05) is 48.5 Å². The Morgan fingerprint density at radius 2 is 1.48 bits per heavy atom. The Morgan fingerprint density at radius 1 is 0.840 bits per heavy atom. The minimum absolute atomic E-state index is 0.255. The van der Waals surface area contributed by atoms with Crippen LogP contribution in [0.2, 0.25) is 0 Å². The van der Waals surface area contributed by atoms with Crippen LogP contribution in [0.3, 0.4) is 0 Å². The highest BCUT2D eigenvalue weighted by atomic mass is 16.2. The van der Waals surface area contributed by atoms with Gasteiger partial charge in [0.05, 0.1) is 6.17 Å². The van der Waals surface area contributed by atoms with Crippen molar-refractivity contribution in [2.45, 2.75) is 25.6 Å². The molecule has 0 spiro atoms. The van der Waals surface area contributed by atoms with Gasteiger partial charge >= 0.3 is 0 Å². The first kappa shape index (κ1) is 16.2. The summed E-state index contributed by atoms with van der Waals surface area (Å²) in [5.41, 5.74) is 2.51. The lowest BCUT2D eigenvalue weighted by molar-refractivity contribution is -0.132. The fourth-order valence-electron chi connectivity index (χ4n) is 3.99. The second-order valence-corrected chi connectivity index (χ2v) is 6.89. The number of rotatable bonds is 4. The number of carbonyl (C=O) groups is 1. The molecule has 2 aromatic carbocycles. The third-order valence-electron chi connectivity index (χ3n) is 5.35. The molecule has 0 radical (unpaired) electrons. The predicted octanol–water partition coefficient (Wildman–Crippen LogP) is 2.96. The molecular weight excluding hydrogens is 310 g/mol. The number of benzene rings is 2. The van der Waals surface area contributed by atoms with E-state index in [9.17, 15) is 4.79 Å². The number of nitrogens with zero attached hydrogens (tertiary/aromatic N) is 3.